The summed E-state index contributed by atoms with van der Waals surface area (Å²) in [7, 11) is 3.70. The summed E-state index contributed by atoms with van der Waals surface area (Å²) in [6.45, 7) is 0.870. The maximum Gasteiger partial charge on any atom is 0.505 e. The van der Waals surface area contributed by atoms with Crippen molar-refractivity contribution >= 4 is 18.6 Å². The van der Waals surface area contributed by atoms with Gasteiger partial charge in [0, 0.05) is 6.54 Å². The first kappa shape index (κ1) is 12.2. The molecule has 4 nitrogen and oxygen atoms in total. The van der Waals surface area contributed by atoms with Crippen LogP contribution in [0.1, 0.15) is 0 Å². The molecule has 0 saturated heterocycles. The van der Waals surface area contributed by atoms with E-state index in [0.29, 0.717) is 6.54 Å². The van der Waals surface area contributed by atoms with Crippen molar-refractivity contribution in [2.75, 3.05) is 27.2 Å². The normalized spacial score (nSPS) is 8.70. The summed E-state index contributed by atoms with van der Waals surface area (Å²) >= 11 is 0. The van der Waals surface area contributed by atoms with Gasteiger partial charge >= 0.3 is 6.16 Å². The smallest absolute Gasteiger partial charge is 0.450 e. The third kappa shape index (κ3) is 10.5. The fourth-order valence-electron chi connectivity index (χ4n) is 0.316. The molecule has 0 unspecified atom stereocenters. The molecule has 10 heavy (non-hydrogen) atoms. The van der Waals surface area contributed by atoms with Crippen LogP contribution in [0.5, 0.6) is 0 Å². The molecule has 0 aromatic heterocycles. The van der Waals surface area contributed by atoms with Crippen LogP contribution >= 0.6 is 12.4 Å². The molecule has 0 aliphatic carbocycles. The first-order valence-corrected chi connectivity index (χ1v) is 2.63. The van der Waals surface area contributed by atoms with E-state index in [2.05, 4.69) is 4.74 Å². The molecular formula is C5H12ClNO3. The van der Waals surface area contributed by atoms with Crippen molar-refractivity contribution < 1.29 is 14.6 Å². The Morgan fingerprint density at radius 3 is 2.40 bits per heavy atom. The summed E-state index contributed by atoms with van der Waals surface area (Å²) in [5, 5.41) is 7.99. The molecule has 0 bridgehead atoms. The van der Waals surface area contributed by atoms with Crippen LogP contribution in [0.2, 0.25) is 0 Å². The lowest BCUT2D eigenvalue weighted by Gasteiger charge is -2.06. The van der Waals surface area contributed by atoms with Gasteiger partial charge in [-0.15, -0.1) is 12.4 Å². The van der Waals surface area contributed by atoms with Gasteiger partial charge in [0.05, 0.1) is 0 Å². The molecule has 0 aliphatic heterocycles. The quantitative estimate of drug-likeness (QED) is 0.631. The van der Waals surface area contributed by atoms with Crippen molar-refractivity contribution in [3.8, 4) is 0 Å². The van der Waals surface area contributed by atoms with Gasteiger partial charge in [0.2, 0.25) is 0 Å². The predicted octanol–water partition coefficient (Wildman–Crippen LogP) is 0.664. The van der Waals surface area contributed by atoms with Crippen LogP contribution in [0.4, 0.5) is 4.79 Å². The molecule has 5 heteroatoms. The second kappa shape index (κ2) is 6.64. The van der Waals surface area contributed by atoms with E-state index in [0.717, 1.165) is 0 Å². The lowest BCUT2D eigenvalue weighted by Crippen LogP contribution is -2.19. The highest BCUT2D eigenvalue weighted by Gasteiger charge is 1.94. The maximum absolute atomic E-state index is 9.74. The van der Waals surface area contributed by atoms with Gasteiger partial charge in [-0.25, -0.2) is 4.79 Å². The average Bonchev–Trinajstić information content (AvgIpc) is 1.63. The van der Waals surface area contributed by atoms with E-state index >= 15 is 0 Å². The number of ether oxygens (including phenoxy) is 1. The molecule has 0 fully saturated rings. The molecule has 0 aromatic carbocycles. The molecule has 0 aromatic rings. The molecule has 0 rings (SSSR count). The molecule has 62 valence electrons. The van der Waals surface area contributed by atoms with Crippen molar-refractivity contribution in [1.29, 1.82) is 0 Å². The van der Waals surface area contributed by atoms with Crippen LogP contribution < -0.4 is 0 Å². The number of rotatable bonds is 3. The van der Waals surface area contributed by atoms with Crippen LogP contribution in [0.25, 0.3) is 0 Å². The summed E-state index contributed by atoms with van der Waals surface area (Å²) in [6.07, 6.45) is -1.21. The second-order valence-corrected chi connectivity index (χ2v) is 1.92. The van der Waals surface area contributed by atoms with E-state index in [9.17, 15) is 4.79 Å². The minimum Gasteiger partial charge on any atom is -0.450 e. The second-order valence-electron chi connectivity index (χ2n) is 1.92. The van der Waals surface area contributed by atoms with Crippen LogP contribution in [-0.4, -0.2) is 43.4 Å². The van der Waals surface area contributed by atoms with Gasteiger partial charge in [-0.1, -0.05) is 0 Å². The van der Waals surface area contributed by atoms with Crippen molar-refractivity contribution in [3.05, 3.63) is 0 Å². The highest BCUT2D eigenvalue weighted by Crippen LogP contribution is 1.77. The van der Waals surface area contributed by atoms with Crippen LogP contribution in [0, 0.1) is 0 Å². The Kier molecular flexibility index (Phi) is 8.11. The van der Waals surface area contributed by atoms with Crippen molar-refractivity contribution in [3.63, 3.8) is 0 Å². The third-order valence-corrected chi connectivity index (χ3v) is 0.764. The van der Waals surface area contributed by atoms with E-state index < -0.39 is 6.16 Å². The molecule has 0 saturated carbocycles. The molecule has 0 heterocycles. The number of likely N-dealkylation sites (N-methyl/N-ethyl adjacent to an activating group) is 1. The maximum atomic E-state index is 9.74. The molecule has 0 radical (unpaired) electrons. The highest BCUT2D eigenvalue weighted by molar-refractivity contribution is 5.85. The Balaban J connectivity index is 0. The van der Waals surface area contributed by atoms with Crippen molar-refractivity contribution in [2.24, 2.45) is 0 Å². The van der Waals surface area contributed by atoms with Crippen LogP contribution in [-0.2, 0) is 4.74 Å². The van der Waals surface area contributed by atoms with Gasteiger partial charge in [-0.05, 0) is 14.1 Å². The van der Waals surface area contributed by atoms with E-state index in [1.54, 1.807) is 0 Å². The molecule has 0 spiro atoms. The van der Waals surface area contributed by atoms with Gasteiger partial charge in [-0.2, -0.15) is 0 Å². The van der Waals surface area contributed by atoms with Crippen molar-refractivity contribution in [2.45, 2.75) is 0 Å². The van der Waals surface area contributed by atoms with Gasteiger partial charge in [-0.3, -0.25) is 0 Å². The lowest BCUT2D eigenvalue weighted by molar-refractivity contribution is 0.0857. The summed E-state index contributed by atoms with van der Waals surface area (Å²) < 4.78 is 4.23. The monoisotopic (exact) mass is 169 g/mol. The number of carbonyl (C=O) groups is 1. The fourth-order valence-corrected chi connectivity index (χ4v) is 0.316. The zero-order chi connectivity index (χ0) is 7.28. The third-order valence-electron chi connectivity index (χ3n) is 0.764. The first-order chi connectivity index (χ1) is 4.13. The number of hydrogen-bond acceptors (Lipinski definition) is 3. The minimum atomic E-state index is -1.21. The summed E-state index contributed by atoms with van der Waals surface area (Å²) in [5.41, 5.74) is 0. The molecule has 1 N–H and O–H groups in total. The summed E-state index contributed by atoms with van der Waals surface area (Å²) in [6, 6.07) is 0. The Morgan fingerprint density at radius 2 is 2.10 bits per heavy atom. The molecule has 0 aliphatic rings. The summed E-state index contributed by atoms with van der Waals surface area (Å²) in [5.74, 6) is 0. The van der Waals surface area contributed by atoms with E-state index in [4.69, 9.17) is 5.11 Å². The fraction of sp³-hybridized carbons (Fsp3) is 0.800. The van der Waals surface area contributed by atoms with Gasteiger partial charge < -0.3 is 14.7 Å². The molecule has 0 amide bonds. The summed E-state index contributed by atoms with van der Waals surface area (Å²) in [4.78, 5) is 11.6. The number of hydrogen-bond donors (Lipinski definition) is 1. The Morgan fingerprint density at radius 1 is 1.60 bits per heavy atom. The van der Waals surface area contributed by atoms with E-state index in [1.165, 1.54) is 0 Å². The zero-order valence-corrected chi connectivity index (χ0v) is 6.85. The zero-order valence-electron chi connectivity index (χ0n) is 6.03. The van der Waals surface area contributed by atoms with Gasteiger partial charge in [0.15, 0.2) is 0 Å². The van der Waals surface area contributed by atoms with Crippen LogP contribution in [0.3, 0.4) is 0 Å². The predicted molar refractivity (Wildman–Crippen MR) is 39.8 cm³/mol. The number of nitrogens with zero attached hydrogens (tertiary/aromatic N) is 1. The molecule has 0 atom stereocenters. The van der Waals surface area contributed by atoms with Gasteiger partial charge in [0.25, 0.3) is 0 Å². The Hall–Kier alpha value is -0.480. The van der Waals surface area contributed by atoms with Crippen LogP contribution in [0.15, 0.2) is 0 Å². The largest absolute Gasteiger partial charge is 0.505 e. The van der Waals surface area contributed by atoms with Gasteiger partial charge in [0.1, 0.15) is 6.61 Å². The highest BCUT2D eigenvalue weighted by atomic mass is 35.5. The first-order valence-electron chi connectivity index (χ1n) is 2.63. The standard InChI is InChI=1S/C5H11NO3.ClH/c1-6(2)3-4-9-5(7)8;/h3-4H2,1-2H3,(H,7,8);1H. The molecular weight excluding hydrogens is 158 g/mol. The topological polar surface area (TPSA) is 49.8 Å². The Bertz CT molecular complexity index is 96.9. The Labute approximate surface area is 66.2 Å². The number of carboxylic acid groups (broad SMARTS) is 1. The van der Waals surface area contributed by atoms with Crippen molar-refractivity contribution in [1.82, 2.24) is 4.90 Å². The minimum absolute atomic E-state index is 0. The van der Waals surface area contributed by atoms with E-state index in [-0.39, 0.29) is 19.0 Å². The SMILES string of the molecule is CN(C)CCOC(=O)O.Cl. The number of halogens is 1. The average molecular weight is 170 g/mol. The van der Waals surface area contributed by atoms with E-state index in [1.807, 2.05) is 19.0 Å². The lowest BCUT2D eigenvalue weighted by atomic mass is 10.6.